The molecular weight excluding hydrogens is 229 g/mol. The molecule has 0 aliphatic heterocycles. The van der Waals surface area contributed by atoms with Gasteiger partial charge in [-0.25, -0.2) is 0 Å². The summed E-state index contributed by atoms with van der Waals surface area (Å²) in [5.41, 5.74) is -4.20. The van der Waals surface area contributed by atoms with Crippen molar-refractivity contribution >= 4 is 23.5 Å². The maximum absolute atomic E-state index is 11.9. The molecule has 0 radical (unpaired) electrons. The number of rotatable bonds is 3. The molecule has 0 spiro atoms. The van der Waals surface area contributed by atoms with Gasteiger partial charge in [0.1, 0.15) is 0 Å². The van der Waals surface area contributed by atoms with Gasteiger partial charge in [0.25, 0.3) is 0 Å². The summed E-state index contributed by atoms with van der Waals surface area (Å²) >= 11 is 1.53. The van der Waals surface area contributed by atoms with E-state index < -0.39 is 5.51 Å². The van der Waals surface area contributed by atoms with Crippen molar-refractivity contribution in [2.24, 2.45) is 0 Å². The topological polar surface area (TPSA) is 0 Å². The van der Waals surface area contributed by atoms with Crippen molar-refractivity contribution in [3.05, 3.63) is 24.3 Å². The van der Waals surface area contributed by atoms with Crippen LogP contribution in [0.1, 0.15) is 6.92 Å². The highest BCUT2D eigenvalue weighted by Crippen LogP contribution is 2.37. The molecule has 0 atom stereocenters. The first-order valence-corrected chi connectivity index (χ1v) is 5.80. The van der Waals surface area contributed by atoms with Crippen LogP contribution < -0.4 is 0 Å². The average Bonchev–Trinajstić information content (AvgIpc) is 2.06. The van der Waals surface area contributed by atoms with E-state index in [-0.39, 0.29) is 16.7 Å². The Morgan fingerprint density at radius 2 is 1.57 bits per heavy atom. The summed E-state index contributed by atoms with van der Waals surface area (Å²) in [5, 5.41) is 0. The number of hydrogen-bond acceptors (Lipinski definition) is 2. The Labute approximate surface area is 89.3 Å². The van der Waals surface area contributed by atoms with Gasteiger partial charge >= 0.3 is 5.51 Å². The Hall–Kier alpha value is -0.290. The smallest absolute Gasteiger partial charge is 0.160 e. The SMILES string of the molecule is CCSc1ccc(SC(F)(F)F)cc1. The van der Waals surface area contributed by atoms with E-state index in [0.29, 0.717) is 0 Å². The first-order chi connectivity index (χ1) is 6.51. The molecule has 0 aliphatic rings. The van der Waals surface area contributed by atoms with E-state index in [0.717, 1.165) is 10.6 Å². The number of halogens is 3. The van der Waals surface area contributed by atoms with Crippen LogP contribution in [0.4, 0.5) is 13.2 Å². The van der Waals surface area contributed by atoms with Crippen molar-refractivity contribution < 1.29 is 13.2 Å². The lowest BCUT2D eigenvalue weighted by molar-refractivity contribution is -0.0328. The standard InChI is InChI=1S/C9H9F3S2/c1-2-13-7-3-5-8(6-4-7)14-9(10,11)12/h3-6H,2H2,1H3. The molecule has 1 rings (SSSR count). The third kappa shape index (κ3) is 4.28. The van der Waals surface area contributed by atoms with E-state index in [4.69, 9.17) is 0 Å². The van der Waals surface area contributed by atoms with Gasteiger partial charge < -0.3 is 0 Å². The third-order valence-corrected chi connectivity index (χ3v) is 3.00. The summed E-state index contributed by atoms with van der Waals surface area (Å²) < 4.78 is 35.8. The van der Waals surface area contributed by atoms with Gasteiger partial charge in [0.05, 0.1) is 0 Å². The van der Waals surface area contributed by atoms with E-state index in [1.165, 1.54) is 12.1 Å². The van der Waals surface area contributed by atoms with Crippen molar-refractivity contribution in [1.29, 1.82) is 0 Å². The Bertz CT molecular complexity index is 279. The normalized spacial score (nSPS) is 11.7. The summed E-state index contributed by atoms with van der Waals surface area (Å²) in [4.78, 5) is 1.23. The monoisotopic (exact) mass is 238 g/mol. The fraction of sp³-hybridized carbons (Fsp3) is 0.333. The summed E-state index contributed by atoms with van der Waals surface area (Å²) in [6.07, 6.45) is 0. The van der Waals surface area contributed by atoms with Gasteiger partial charge in [0.15, 0.2) is 0 Å². The molecule has 0 fully saturated rings. The minimum atomic E-state index is -4.20. The van der Waals surface area contributed by atoms with Crippen LogP contribution in [0.25, 0.3) is 0 Å². The zero-order chi connectivity index (χ0) is 10.6. The van der Waals surface area contributed by atoms with Crippen molar-refractivity contribution in [1.82, 2.24) is 0 Å². The van der Waals surface area contributed by atoms with Crippen molar-refractivity contribution in [2.45, 2.75) is 22.2 Å². The zero-order valence-electron chi connectivity index (χ0n) is 7.47. The quantitative estimate of drug-likeness (QED) is 0.715. The molecule has 0 amide bonds. The van der Waals surface area contributed by atoms with Crippen LogP contribution in [0.2, 0.25) is 0 Å². The molecule has 0 bridgehead atoms. The summed E-state index contributed by atoms with van der Waals surface area (Å²) in [6, 6.07) is 6.41. The maximum Gasteiger partial charge on any atom is 0.446 e. The van der Waals surface area contributed by atoms with Crippen molar-refractivity contribution in [3.63, 3.8) is 0 Å². The first-order valence-electron chi connectivity index (χ1n) is 4.00. The molecule has 0 nitrogen and oxygen atoms in total. The molecule has 14 heavy (non-hydrogen) atoms. The fourth-order valence-electron chi connectivity index (χ4n) is 0.904. The van der Waals surface area contributed by atoms with Crippen LogP contribution in [0.5, 0.6) is 0 Å². The Morgan fingerprint density at radius 3 is 2.00 bits per heavy atom. The van der Waals surface area contributed by atoms with Crippen molar-refractivity contribution in [3.8, 4) is 0 Å². The molecule has 5 heteroatoms. The second-order valence-corrected chi connectivity index (χ2v) is 4.93. The van der Waals surface area contributed by atoms with Crippen LogP contribution in [-0.4, -0.2) is 11.3 Å². The molecule has 0 aliphatic carbocycles. The third-order valence-electron chi connectivity index (χ3n) is 1.37. The average molecular weight is 238 g/mol. The largest absolute Gasteiger partial charge is 0.446 e. The van der Waals surface area contributed by atoms with E-state index in [2.05, 4.69) is 0 Å². The van der Waals surface area contributed by atoms with Crippen LogP contribution in [0, 0.1) is 0 Å². The Morgan fingerprint density at radius 1 is 1.07 bits per heavy atom. The van der Waals surface area contributed by atoms with Crippen LogP contribution in [-0.2, 0) is 0 Å². The molecule has 0 saturated heterocycles. The van der Waals surface area contributed by atoms with Gasteiger partial charge in [0, 0.05) is 9.79 Å². The van der Waals surface area contributed by atoms with Crippen LogP contribution >= 0.6 is 23.5 Å². The fourth-order valence-corrected chi connectivity index (χ4v) is 2.11. The second kappa shape index (κ2) is 4.98. The van der Waals surface area contributed by atoms with E-state index in [1.54, 1.807) is 23.9 Å². The summed E-state index contributed by atoms with van der Waals surface area (Å²) in [6.45, 7) is 2.00. The minimum Gasteiger partial charge on any atom is -0.160 e. The molecule has 0 heterocycles. The predicted molar refractivity (Wildman–Crippen MR) is 54.8 cm³/mol. The second-order valence-electron chi connectivity index (χ2n) is 2.45. The summed E-state index contributed by atoms with van der Waals surface area (Å²) in [5.74, 6) is 0.922. The van der Waals surface area contributed by atoms with Gasteiger partial charge in [-0.05, 0) is 41.8 Å². The molecule has 0 N–H and O–H groups in total. The lowest BCUT2D eigenvalue weighted by Crippen LogP contribution is -1.98. The van der Waals surface area contributed by atoms with E-state index in [1.807, 2.05) is 6.92 Å². The molecule has 78 valence electrons. The molecule has 1 aromatic rings. The maximum atomic E-state index is 11.9. The molecule has 1 aromatic carbocycles. The number of alkyl halides is 3. The highest BCUT2D eigenvalue weighted by molar-refractivity contribution is 8.00. The van der Waals surface area contributed by atoms with Gasteiger partial charge in [-0.15, -0.1) is 11.8 Å². The van der Waals surface area contributed by atoms with E-state index in [9.17, 15) is 13.2 Å². The van der Waals surface area contributed by atoms with Gasteiger partial charge in [0.2, 0.25) is 0 Å². The zero-order valence-corrected chi connectivity index (χ0v) is 9.10. The van der Waals surface area contributed by atoms with Crippen LogP contribution in [0.3, 0.4) is 0 Å². The van der Waals surface area contributed by atoms with Crippen LogP contribution in [0.15, 0.2) is 34.1 Å². The van der Waals surface area contributed by atoms with Crippen molar-refractivity contribution in [2.75, 3.05) is 5.75 Å². The Kier molecular flexibility index (Phi) is 4.19. The molecule has 0 saturated carbocycles. The predicted octanol–water partition coefficient (Wildman–Crippen LogP) is 4.41. The van der Waals surface area contributed by atoms with Gasteiger partial charge in [-0.1, -0.05) is 6.92 Å². The molecule has 0 aromatic heterocycles. The van der Waals surface area contributed by atoms with E-state index >= 15 is 0 Å². The Balaban J connectivity index is 2.64. The van der Waals surface area contributed by atoms with Gasteiger partial charge in [-0.3, -0.25) is 0 Å². The summed E-state index contributed by atoms with van der Waals surface area (Å²) in [7, 11) is 0. The number of thioether (sulfide) groups is 2. The number of benzene rings is 1. The lowest BCUT2D eigenvalue weighted by atomic mass is 10.4. The first kappa shape index (κ1) is 11.8. The number of hydrogen-bond donors (Lipinski definition) is 0. The highest BCUT2D eigenvalue weighted by Gasteiger charge is 2.28. The highest BCUT2D eigenvalue weighted by atomic mass is 32.2. The van der Waals surface area contributed by atoms with Gasteiger partial charge in [-0.2, -0.15) is 13.2 Å². The minimum absolute atomic E-state index is 0.0817. The molecule has 0 unspecified atom stereocenters. The molecular formula is C9H9F3S2. The lowest BCUT2D eigenvalue weighted by Gasteiger charge is -2.05.